The number of carbonyl (C=O) groups is 3. The molecule has 6 rings (SSSR count). The molecule has 0 radical (unpaired) electrons. The first-order valence-electron chi connectivity index (χ1n) is 21.2. The quantitative estimate of drug-likeness (QED) is 0.192. The van der Waals surface area contributed by atoms with Crippen LogP contribution in [-0.2, 0) is 25.7 Å². The number of fused-ring (bicyclic) bond motifs is 7. The SMILES string of the molecule is CC(C)C1=C2[C@H]3CC[C@@H]4[C@@]5(C)CC[C@@H](OC(=O)CC(C)(C)C(=O)O)C(C)(C)[C@@H]5CC[C@@]4(C)[C@]3(C)CC[C@@]2([C@@H](O)CN(CCN(C)C)Cc2ncco2)CC1=O. The molecule has 10 nitrogen and oxygen atoms in total. The van der Waals surface area contributed by atoms with Crippen LogP contribution in [0.4, 0.5) is 0 Å². The van der Waals surface area contributed by atoms with Crippen molar-refractivity contribution >= 4 is 17.7 Å². The van der Waals surface area contributed by atoms with E-state index >= 15 is 0 Å². The van der Waals surface area contributed by atoms with Crippen LogP contribution in [0, 0.1) is 56.2 Å². The molecule has 1 aromatic rings. The molecule has 0 aliphatic heterocycles. The molecule has 2 N–H and O–H groups in total. The molecule has 10 heteroatoms. The lowest BCUT2D eigenvalue weighted by Gasteiger charge is -2.72. The molecule has 0 saturated heterocycles. The predicted octanol–water partition coefficient (Wildman–Crippen LogP) is 7.79. The van der Waals surface area contributed by atoms with E-state index < -0.39 is 28.9 Å². The third-order valence-corrected chi connectivity index (χ3v) is 16.6. The van der Waals surface area contributed by atoms with Gasteiger partial charge < -0.3 is 24.3 Å². The number of likely N-dealkylation sites (N-methyl/N-ethyl adjacent to an activating group) is 1. The highest BCUT2D eigenvalue weighted by molar-refractivity contribution is 6.00. The number of ketones is 1. The minimum atomic E-state index is -1.17. The lowest BCUT2D eigenvalue weighted by Crippen LogP contribution is -2.66. The molecule has 0 aromatic carbocycles. The normalized spacial score (nSPS) is 36.4. The Bertz CT molecular complexity index is 1650. The fraction of sp³-hybridized carbons (Fsp3) is 0.822. The van der Waals surface area contributed by atoms with Crippen molar-refractivity contribution in [2.24, 2.45) is 56.2 Å². The summed E-state index contributed by atoms with van der Waals surface area (Å²) in [6.45, 7) is 22.2. The zero-order chi connectivity index (χ0) is 40.5. The molecule has 1 heterocycles. The van der Waals surface area contributed by atoms with Gasteiger partial charge in [0.1, 0.15) is 12.4 Å². The summed E-state index contributed by atoms with van der Waals surface area (Å²) in [6.07, 6.45) is 10.3. The second kappa shape index (κ2) is 14.7. The number of Topliss-reactive ketones (excluding diaryl/α,β-unsaturated/α-hetero) is 1. The van der Waals surface area contributed by atoms with Gasteiger partial charge in [-0.2, -0.15) is 0 Å². The van der Waals surface area contributed by atoms with Crippen molar-refractivity contribution in [1.29, 1.82) is 0 Å². The van der Waals surface area contributed by atoms with Gasteiger partial charge >= 0.3 is 11.9 Å². The van der Waals surface area contributed by atoms with E-state index in [4.69, 9.17) is 9.15 Å². The summed E-state index contributed by atoms with van der Waals surface area (Å²) in [6, 6.07) is 0. The van der Waals surface area contributed by atoms with Gasteiger partial charge in [0.15, 0.2) is 5.78 Å². The number of carbonyl (C=O) groups excluding carboxylic acids is 2. The summed E-state index contributed by atoms with van der Waals surface area (Å²) in [5, 5.41) is 22.2. The molecular formula is C45H71N3O7. The number of oxazole rings is 1. The van der Waals surface area contributed by atoms with E-state index in [1.807, 2.05) is 0 Å². The van der Waals surface area contributed by atoms with E-state index in [1.165, 1.54) is 5.57 Å². The molecule has 4 saturated carbocycles. The summed E-state index contributed by atoms with van der Waals surface area (Å²) in [5.74, 6) is 0.598. The number of hydrogen-bond donors (Lipinski definition) is 2. The molecule has 0 bridgehead atoms. The van der Waals surface area contributed by atoms with Gasteiger partial charge in [-0.3, -0.25) is 19.3 Å². The minimum absolute atomic E-state index is 0.0345. The highest BCUT2D eigenvalue weighted by atomic mass is 16.5. The second-order valence-electron chi connectivity index (χ2n) is 21.0. The average Bonchev–Trinajstić information content (AvgIpc) is 3.70. The van der Waals surface area contributed by atoms with E-state index in [1.54, 1.807) is 26.3 Å². The van der Waals surface area contributed by atoms with Crippen LogP contribution in [0.25, 0.3) is 0 Å². The van der Waals surface area contributed by atoms with E-state index in [2.05, 4.69) is 77.3 Å². The van der Waals surface area contributed by atoms with Crippen molar-refractivity contribution in [3.05, 3.63) is 29.5 Å². The number of carboxylic acid groups (broad SMARTS) is 1. The summed E-state index contributed by atoms with van der Waals surface area (Å²) in [5.41, 5.74) is 0.320. The average molecular weight is 766 g/mol. The highest BCUT2D eigenvalue weighted by Crippen LogP contribution is 2.77. The molecular weight excluding hydrogens is 695 g/mol. The van der Waals surface area contributed by atoms with Crippen molar-refractivity contribution in [1.82, 2.24) is 14.8 Å². The maximum Gasteiger partial charge on any atom is 0.309 e. The van der Waals surface area contributed by atoms with Gasteiger partial charge in [-0.15, -0.1) is 0 Å². The number of hydrogen-bond acceptors (Lipinski definition) is 9. The minimum Gasteiger partial charge on any atom is -0.481 e. The molecule has 0 unspecified atom stereocenters. The first-order chi connectivity index (χ1) is 25.5. The molecule has 5 aliphatic rings. The van der Waals surface area contributed by atoms with Crippen molar-refractivity contribution < 1.29 is 33.8 Å². The number of aliphatic hydroxyl groups is 1. The second-order valence-corrected chi connectivity index (χ2v) is 21.0. The van der Waals surface area contributed by atoms with E-state index in [0.717, 1.165) is 70.0 Å². The van der Waals surface area contributed by atoms with Crippen LogP contribution in [0.1, 0.15) is 132 Å². The third-order valence-electron chi connectivity index (χ3n) is 16.6. The molecule has 308 valence electrons. The number of aromatic nitrogens is 1. The largest absolute Gasteiger partial charge is 0.481 e. The Balaban J connectivity index is 1.28. The summed E-state index contributed by atoms with van der Waals surface area (Å²) >= 11 is 0. The lowest BCUT2D eigenvalue weighted by molar-refractivity contribution is -0.235. The van der Waals surface area contributed by atoms with Gasteiger partial charge in [0.2, 0.25) is 5.89 Å². The maximum absolute atomic E-state index is 14.2. The van der Waals surface area contributed by atoms with Crippen molar-refractivity contribution in [2.75, 3.05) is 33.7 Å². The number of allylic oxidation sites excluding steroid dienone is 1. The van der Waals surface area contributed by atoms with Crippen LogP contribution in [0.2, 0.25) is 0 Å². The molecule has 4 fully saturated rings. The fourth-order valence-corrected chi connectivity index (χ4v) is 13.4. The molecule has 55 heavy (non-hydrogen) atoms. The number of ether oxygens (including phenoxy) is 1. The Labute approximate surface area is 330 Å². The van der Waals surface area contributed by atoms with Gasteiger partial charge in [0, 0.05) is 36.9 Å². The third kappa shape index (κ3) is 6.96. The standard InChI is InChI=1S/C45H71N3O7/c1-28(2)37-30(49)24-45(33(50)26-48(22-21-47(10)11)27-35-46-20-23-54-35)19-18-43(8)29(38(37)45)12-13-32-42(7)16-15-34(55-36(51)25-40(3,4)39(52)53)41(5,6)31(42)14-17-44(32,43)9/h20,23,28-29,31-34,50H,12-19,21-22,24-27H2,1-11H3,(H,52,53)/t29-,31+,32-,33+,34-,42+,43-,44-,45+/m1/s1. The number of rotatable bonds is 13. The topological polar surface area (TPSA) is 133 Å². The van der Waals surface area contributed by atoms with Gasteiger partial charge in [-0.05, 0) is 125 Å². The van der Waals surface area contributed by atoms with Crippen LogP contribution in [0.3, 0.4) is 0 Å². The van der Waals surface area contributed by atoms with Crippen LogP contribution >= 0.6 is 0 Å². The van der Waals surface area contributed by atoms with Gasteiger partial charge in [-0.25, -0.2) is 4.98 Å². The Kier molecular flexibility index (Phi) is 11.2. The molecule has 1 aromatic heterocycles. The highest BCUT2D eigenvalue weighted by Gasteiger charge is 2.71. The first kappa shape index (κ1) is 42.1. The summed E-state index contributed by atoms with van der Waals surface area (Å²) < 4.78 is 11.8. The van der Waals surface area contributed by atoms with E-state index in [-0.39, 0.29) is 51.8 Å². The van der Waals surface area contributed by atoms with Gasteiger partial charge in [-0.1, -0.05) is 54.0 Å². The predicted molar refractivity (Wildman–Crippen MR) is 212 cm³/mol. The fourth-order valence-electron chi connectivity index (χ4n) is 13.4. The lowest BCUT2D eigenvalue weighted by atomic mass is 9.33. The van der Waals surface area contributed by atoms with Crippen LogP contribution in [0.15, 0.2) is 28.0 Å². The number of nitrogens with zero attached hydrogens (tertiary/aromatic N) is 3. The number of esters is 1. The zero-order valence-corrected chi connectivity index (χ0v) is 35.8. The van der Waals surface area contributed by atoms with Crippen LogP contribution < -0.4 is 0 Å². The summed E-state index contributed by atoms with van der Waals surface area (Å²) in [4.78, 5) is 47.9. The van der Waals surface area contributed by atoms with E-state index in [0.29, 0.717) is 37.2 Å². The number of aliphatic carboxylic acids is 1. The first-order valence-corrected chi connectivity index (χ1v) is 21.2. The zero-order valence-electron chi connectivity index (χ0n) is 35.8. The Morgan fingerprint density at radius 3 is 2.31 bits per heavy atom. The monoisotopic (exact) mass is 766 g/mol. The Hall–Kier alpha value is -2.56. The van der Waals surface area contributed by atoms with Crippen LogP contribution in [-0.4, -0.2) is 88.7 Å². The van der Waals surface area contributed by atoms with Crippen molar-refractivity contribution in [3.8, 4) is 0 Å². The van der Waals surface area contributed by atoms with Crippen molar-refractivity contribution in [2.45, 2.75) is 145 Å². The Morgan fingerprint density at radius 1 is 0.982 bits per heavy atom. The number of carboxylic acids is 1. The number of aliphatic hydroxyl groups excluding tert-OH is 1. The maximum atomic E-state index is 14.2. The smallest absolute Gasteiger partial charge is 0.309 e. The molecule has 5 aliphatic carbocycles. The molecule has 0 amide bonds. The van der Waals surface area contributed by atoms with Crippen molar-refractivity contribution in [3.63, 3.8) is 0 Å². The van der Waals surface area contributed by atoms with Crippen LogP contribution in [0.5, 0.6) is 0 Å². The van der Waals surface area contributed by atoms with Gasteiger partial charge in [0.05, 0.1) is 30.7 Å². The van der Waals surface area contributed by atoms with Gasteiger partial charge in [0.25, 0.3) is 0 Å². The molecule has 9 atom stereocenters. The Morgan fingerprint density at radius 2 is 1.69 bits per heavy atom. The molecule has 0 spiro atoms. The van der Waals surface area contributed by atoms with E-state index in [9.17, 15) is 24.6 Å². The summed E-state index contributed by atoms with van der Waals surface area (Å²) in [7, 11) is 4.12.